The van der Waals surface area contributed by atoms with Crippen LogP contribution >= 0.6 is 15.9 Å². The molecule has 0 atom stereocenters. The van der Waals surface area contributed by atoms with Crippen LogP contribution in [0.2, 0.25) is 0 Å². The summed E-state index contributed by atoms with van der Waals surface area (Å²) >= 11 is 3.36. The SMILES string of the molecule is CCNc1ccc(S(=O)(=O)NCc2cccc(Br)c2)cn1. The zero-order chi connectivity index (χ0) is 15.3. The highest BCUT2D eigenvalue weighted by Crippen LogP contribution is 2.14. The summed E-state index contributed by atoms with van der Waals surface area (Å²) in [6, 6.07) is 10.7. The van der Waals surface area contributed by atoms with Crippen molar-refractivity contribution in [3.63, 3.8) is 0 Å². The Hall–Kier alpha value is -1.44. The zero-order valence-corrected chi connectivity index (χ0v) is 13.9. The van der Waals surface area contributed by atoms with Crippen LogP contribution in [0.3, 0.4) is 0 Å². The van der Waals surface area contributed by atoms with Gasteiger partial charge >= 0.3 is 0 Å². The highest BCUT2D eigenvalue weighted by atomic mass is 79.9. The molecule has 1 aromatic heterocycles. The van der Waals surface area contributed by atoms with Gasteiger partial charge in [0.15, 0.2) is 0 Å². The number of halogens is 1. The van der Waals surface area contributed by atoms with Crippen molar-refractivity contribution in [2.75, 3.05) is 11.9 Å². The third kappa shape index (κ3) is 4.52. The predicted octanol–water partition coefficient (Wildman–Crippen LogP) is 2.75. The van der Waals surface area contributed by atoms with E-state index in [4.69, 9.17) is 0 Å². The topological polar surface area (TPSA) is 71.1 Å². The van der Waals surface area contributed by atoms with Gasteiger partial charge < -0.3 is 5.32 Å². The standard InChI is InChI=1S/C14H16BrN3O2S/c1-2-16-14-7-6-13(10-17-14)21(19,20)18-9-11-4-3-5-12(15)8-11/h3-8,10,18H,2,9H2,1H3,(H,16,17). The summed E-state index contributed by atoms with van der Waals surface area (Å²) in [5.74, 6) is 0.656. The van der Waals surface area contributed by atoms with Crippen LogP contribution in [0.4, 0.5) is 5.82 Å². The lowest BCUT2D eigenvalue weighted by molar-refractivity contribution is 0.581. The molecule has 0 radical (unpaired) electrons. The summed E-state index contributed by atoms with van der Waals surface area (Å²) in [5, 5.41) is 3.02. The Labute approximate surface area is 133 Å². The average molecular weight is 370 g/mol. The maximum absolute atomic E-state index is 12.2. The van der Waals surface area contributed by atoms with Gasteiger partial charge in [0.1, 0.15) is 10.7 Å². The van der Waals surface area contributed by atoms with E-state index >= 15 is 0 Å². The van der Waals surface area contributed by atoms with Crippen molar-refractivity contribution in [2.24, 2.45) is 0 Å². The number of sulfonamides is 1. The van der Waals surface area contributed by atoms with E-state index in [2.05, 4.69) is 31.0 Å². The minimum Gasteiger partial charge on any atom is -0.370 e. The van der Waals surface area contributed by atoms with Crippen molar-refractivity contribution in [3.8, 4) is 0 Å². The first-order valence-electron chi connectivity index (χ1n) is 6.45. The molecule has 0 aliphatic heterocycles. The van der Waals surface area contributed by atoms with Gasteiger partial charge in [0.25, 0.3) is 0 Å². The van der Waals surface area contributed by atoms with Gasteiger partial charge in [0, 0.05) is 23.8 Å². The lowest BCUT2D eigenvalue weighted by Gasteiger charge is -2.08. The van der Waals surface area contributed by atoms with Gasteiger partial charge in [0.2, 0.25) is 10.0 Å². The molecule has 2 N–H and O–H groups in total. The normalized spacial score (nSPS) is 11.3. The molecule has 1 aromatic carbocycles. The number of rotatable bonds is 6. The fourth-order valence-electron chi connectivity index (χ4n) is 1.73. The number of aromatic nitrogens is 1. The Morgan fingerprint density at radius 2 is 2.05 bits per heavy atom. The second kappa shape index (κ2) is 7.02. The lowest BCUT2D eigenvalue weighted by Crippen LogP contribution is -2.23. The average Bonchev–Trinajstić information content (AvgIpc) is 2.46. The van der Waals surface area contributed by atoms with Crippen LogP contribution < -0.4 is 10.0 Å². The molecule has 5 nitrogen and oxygen atoms in total. The van der Waals surface area contributed by atoms with Crippen LogP contribution in [-0.2, 0) is 16.6 Å². The minimum absolute atomic E-state index is 0.152. The van der Waals surface area contributed by atoms with E-state index in [1.165, 1.54) is 12.3 Å². The van der Waals surface area contributed by atoms with E-state index < -0.39 is 10.0 Å². The van der Waals surface area contributed by atoms with Crippen LogP contribution in [0, 0.1) is 0 Å². The van der Waals surface area contributed by atoms with Gasteiger partial charge in [-0.2, -0.15) is 0 Å². The number of pyridine rings is 1. The van der Waals surface area contributed by atoms with E-state index in [0.717, 1.165) is 16.6 Å². The first-order valence-corrected chi connectivity index (χ1v) is 8.73. The molecule has 0 fully saturated rings. The third-order valence-corrected chi connectivity index (χ3v) is 4.64. The van der Waals surface area contributed by atoms with E-state index in [1.807, 2.05) is 31.2 Å². The maximum atomic E-state index is 12.2. The van der Waals surface area contributed by atoms with E-state index in [0.29, 0.717) is 5.82 Å². The summed E-state index contributed by atoms with van der Waals surface area (Å²) in [6.45, 7) is 2.92. The zero-order valence-electron chi connectivity index (χ0n) is 11.5. The van der Waals surface area contributed by atoms with Crippen LogP contribution in [0.15, 0.2) is 52.0 Å². The number of nitrogens with zero attached hydrogens (tertiary/aromatic N) is 1. The van der Waals surface area contributed by atoms with Crippen molar-refractivity contribution in [2.45, 2.75) is 18.4 Å². The maximum Gasteiger partial charge on any atom is 0.242 e. The molecule has 0 bridgehead atoms. The number of anilines is 1. The van der Waals surface area contributed by atoms with Crippen molar-refractivity contribution < 1.29 is 8.42 Å². The lowest BCUT2D eigenvalue weighted by atomic mass is 10.2. The molecular weight excluding hydrogens is 354 g/mol. The Morgan fingerprint density at radius 3 is 2.67 bits per heavy atom. The van der Waals surface area contributed by atoms with Gasteiger partial charge in [-0.25, -0.2) is 18.1 Å². The van der Waals surface area contributed by atoms with E-state index in [9.17, 15) is 8.42 Å². The molecule has 2 aromatic rings. The Kier molecular flexibility index (Phi) is 5.33. The molecule has 2 rings (SSSR count). The fourth-order valence-corrected chi connectivity index (χ4v) is 3.14. The molecule has 1 heterocycles. The number of nitrogens with one attached hydrogen (secondary N) is 2. The fraction of sp³-hybridized carbons (Fsp3) is 0.214. The van der Waals surface area contributed by atoms with Gasteiger partial charge in [-0.15, -0.1) is 0 Å². The summed E-state index contributed by atoms with van der Waals surface area (Å²) in [6.07, 6.45) is 1.35. The first kappa shape index (κ1) is 15.9. The smallest absolute Gasteiger partial charge is 0.242 e. The molecule has 112 valence electrons. The first-order chi connectivity index (χ1) is 10.0. The minimum atomic E-state index is -3.56. The highest BCUT2D eigenvalue weighted by molar-refractivity contribution is 9.10. The van der Waals surface area contributed by atoms with Crippen molar-refractivity contribution in [1.29, 1.82) is 0 Å². The van der Waals surface area contributed by atoms with Crippen LogP contribution in [0.5, 0.6) is 0 Å². The quantitative estimate of drug-likeness (QED) is 0.820. The second-order valence-electron chi connectivity index (χ2n) is 4.36. The molecule has 0 unspecified atom stereocenters. The van der Waals surface area contributed by atoms with Crippen LogP contribution in [-0.4, -0.2) is 19.9 Å². The summed E-state index contributed by atoms with van der Waals surface area (Å²) < 4.78 is 27.8. The number of hydrogen-bond acceptors (Lipinski definition) is 4. The molecule has 0 spiro atoms. The molecule has 0 saturated heterocycles. The Balaban J connectivity index is 2.07. The molecule has 0 saturated carbocycles. The highest BCUT2D eigenvalue weighted by Gasteiger charge is 2.14. The Morgan fingerprint density at radius 1 is 1.24 bits per heavy atom. The summed E-state index contributed by atoms with van der Waals surface area (Å²) in [4.78, 5) is 4.22. The summed E-state index contributed by atoms with van der Waals surface area (Å²) in [7, 11) is -3.56. The van der Waals surface area contributed by atoms with Crippen molar-refractivity contribution in [3.05, 3.63) is 52.6 Å². The molecule has 7 heteroatoms. The van der Waals surface area contributed by atoms with Gasteiger partial charge in [-0.1, -0.05) is 28.1 Å². The monoisotopic (exact) mass is 369 g/mol. The van der Waals surface area contributed by atoms with Gasteiger partial charge in [-0.3, -0.25) is 0 Å². The van der Waals surface area contributed by atoms with Crippen LogP contribution in [0.25, 0.3) is 0 Å². The van der Waals surface area contributed by atoms with Crippen LogP contribution in [0.1, 0.15) is 12.5 Å². The molecule has 0 amide bonds. The summed E-state index contributed by atoms with van der Waals surface area (Å²) in [5.41, 5.74) is 0.880. The van der Waals surface area contributed by atoms with Crippen molar-refractivity contribution in [1.82, 2.24) is 9.71 Å². The predicted molar refractivity (Wildman–Crippen MR) is 86.6 cm³/mol. The van der Waals surface area contributed by atoms with E-state index in [1.54, 1.807) is 6.07 Å². The Bertz CT molecular complexity index is 702. The molecule has 0 aliphatic rings. The molecule has 21 heavy (non-hydrogen) atoms. The molecular formula is C14H16BrN3O2S. The van der Waals surface area contributed by atoms with Crippen molar-refractivity contribution >= 4 is 31.8 Å². The van der Waals surface area contributed by atoms with E-state index in [-0.39, 0.29) is 11.4 Å². The second-order valence-corrected chi connectivity index (χ2v) is 7.05. The molecule has 0 aliphatic carbocycles. The van der Waals surface area contributed by atoms with Gasteiger partial charge in [0.05, 0.1) is 0 Å². The largest absolute Gasteiger partial charge is 0.370 e. The van der Waals surface area contributed by atoms with Gasteiger partial charge in [-0.05, 0) is 36.8 Å². The number of benzene rings is 1. The number of hydrogen-bond donors (Lipinski definition) is 2. The third-order valence-electron chi connectivity index (χ3n) is 2.76.